The molecule has 4 rings (SSSR count). The minimum atomic E-state index is -4.53. The van der Waals surface area contributed by atoms with Crippen molar-refractivity contribution in [3.8, 4) is 5.75 Å². The van der Waals surface area contributed by atoms with Gasteiger partial charge in [-0.15, -0.1) is 0 Å². The molecule has 2 aromatic rings. The van der Waals surface area contributed by atoms with Crippen molar-refractivity contribution in [2.45, 2.75) is 62.7 Å². The number of amides is 2. The van der Waals surface area contributed by atoms with Gasteiger partial charge in [0.15, 0.2) is 0 Å². The molecule has 1 saturated carbocycles. The summed E-state index contributed by atoms with van der Waals surface area (Å²) in [5.74, 6) is -0.234. The lowest BCUT2D eigenvalue weighted by Crippen LogP contribution is -2.50. The number of nitrogens with zero attached hydrogens (tertiary/aromatic N) is 1. The van der Waals surface area contributed by atoms with Crippen LogP contribution < -0.4 is 10.6 Å². The maximum absolute atomic E-state index is 12.8. The van der Waals surface area contributed by atoms with E-state index in [0.29, 0.717) is 17.7 Å². The third-order valence-electron chi connectivity index (χ3n) is 7.33. The summed E-state index contributed by atoms with van der Waals surface area (Å²) < 4.78 is 38.5. The molecule has 1 saturated heterocycles. The van der Waals surface area contributed by atoms with E-state index >= 15 is 0 Å². The van der Waals surface area contributed by atoms with Gasteiger partial charge < -0.3 is 20.6 Å². The Kier molecular flexibility index (Phi) is 8.18. The number of phenols is 1. The van der Waals surface area contributed by atoms with Crippen LogP contribution in [-0.4, -0.2) is 53.5 Å². The lowest BCUT2D eigenvalue weighted by Gasteiger charge is -2.41. The molecule has 1 heterocycles. The maximum Gasteiger partial charge on any atom is 0.416 e. The van der Waals surface area contributed by atoms with Gasteiger partial charge in [0.2, 0.25) is 5.91 Å². The van der Waals surface area contributed by atoms with Crippen LogP contribution >= 0.6 is 0 Å². The predicted octanol–water partition coefficient (Wildman–Crippen LogP) is 4.45. The van der Waals surface area contributed by atoms with Gasteiger partial charge in [-0.05, 0) is 80.3 Å². The number of hydrogen-bond donors (Lipinski definition) is 3. The van der Waals surface area contributed by atoms with Crippen LogP contribution in [0.4, 0.5) is 13.2 Å². The summed E-state index contributed by atoms with van der Waals surface area (Å²) >= 11 is 0. The molecule has 0 bridgehead atoms. The van der Waals surface area contributed by atoms with Crippen molar-refractivity contribution in [3.63, 3.8) is 0 Å². The Bertz CT molecular complexity index is 1040. The zero-order valence-electron chi connectivity index (χ0n) is 20.1. The molecule has 194 valence electrons. The lowest BCUT2D eigenvalue weighted by atomic mass is 9.81. The van der Waals surface area contributed by atoms with Crippen LogP contribution in [0.15, 0.2) is 48.5 Å². The fraction of sp³-hybridized carbons (Fsp3) is 0.481. The Morgan fingerprint density at radius 2 is 1.61 bits per heavy atom. The highest BCUT2D eigenvalue weighted by molar-refractivity contribution is 5.96. The van der Waals surface area contributed by atoms with Gasteiger partial charge in [-0.1, -0.05) is 18.2 Å². The van der Waals surface area contributed by atoms with Gasteiger partial charge in [0.25, 0.3) is 5.91 Å². The number of hydrogen-bond acceptors (Lipinski definition) is 4. The average molecular weight is 504 g/mol. The average Bonchev–Trinajstić information content (AvgIpc) is 2.88. The first-order chi connectivity index (χ1) is 17.2. The zero-order valence-corrected chi connectivity index (χ0v) is 20.1. The Hall–Kier alpha value is -3.07. The third kappa shape index (κ3) is 6.78. The van der Waals surface area contributed by atoms with E-state index in [9.17, 15) is 27.9 Å². The van der Waals surface area contributed by atoms with Gasteiger partial charge in [0.1, 0.15) is 5.75 Å². The number of aromatic hydroxyl groups is 1. The topological polar surface area (TPSA) is 81.7 Å². The molecule has 0 aromatic heterocycles. The van der Waals surface area contributed by atoms with Crippen molar-refractivity contribution in [1.82, 2.24) is 15.5 Å². The lowest BCUT2D eigenvalue weighted by molar-refractivity contribution is -0.137. The van der Waals surface area contributed by atoms with E-state index in [2.05, 4.69) is 15.5 Å². The van der Waals surface area contributed by atoms with Gasteiger partial charge in [-0.3, -0.25) is 9.59 Å². The van der Waals surface area contributed by atoms with E-state index in [1.54, 1.807) is 12.1 Å². The summed E-state index contributed by atoms with van der Waals surface area (Å²) in [5, 5.41) is 14.8. The van der Waals surface area contributed by atoms with E-state index < -0.39 is 17.6 Å². The van der Waals surface area contributed by atoms with Gasteiger partial charge in [-0.2, -0.15) is 13.2 Å². The summed E-state index contributed by atoms with van der Waals surface area (Å²) in [6.07, 6.45) is 1.62. The number of phenolic OH excluding ortho intramolecular Hbond substituents is 1. The second-order valence-corrected chi connectivity index (χ2v) is 9.74. The molecule has 2 aliphatic rings. The summed E-state index contributed by atoms with van der Waals surface area (Å²) in [5.41, 5.74) is 0.249. The molecule has 9 heteroatoms. The van der Waals surface area contributed by atoms with Crippen LogP contribution in [0.5, 0.6) is 5.75 Å². The van der Waals surface area contributed by atoms with Gasteiger partial charge >= 0.3 is 6.18 Å². The summed E-state index contributed by atoms with van der Waals surface area (Å²) in [7, 11) is 0. The smallest absolute Gasteiger partial charge is 0.416 e. The first-order valence-corrected chi connectivity index (χ1v) is 12.5. The molecule has 2 amide bonds. The van der Waals surface area contributed by atoms with Crippen molar-refractivity contribution >= 4 is 11.8 Å². The van der Waals surface area contributed by atoms with E-state index in [0.717, 1.165) is 63.7 Å². The number of rotatable bonds is 6. The first-order valence-electron chi connectivity index (χ1n) is 12.5. The number of carbonyl (C=O) groups is 2. The monoisotopic (exact) mass is 503 g/mol. The Balaban J connectivity index is 1.16. The molecule has 1 aliphatic heterocycles. The molecular weight excluding hydrogens is 471 g/mol. The van der Waals surface area contributed by atoms with Crippen molar-refractivity contribution in [1.29, 1.82) is 0 Å². The number of nitrogens with one attached hydrogen (secondary N) is 2. The van der Waals surface area contributed by atoms with Crippen molar-refractivity contribution < 1.29 is 27.9 Å². The fourth-order valence-electron chi connectivity index (χ4n) is 5.31. The Morgan fingerprint density at radius 1 is 0.944 bits per heavy atom. The highest BCUT2D eigenvalue weighted by atomic mass is 19.4. The summed E-state index contributed by atoms with van der Waals surface area (Å²) in [6.45, 7) is 1.52. The molecule has 6 nitrogen and oxygen atoms in total. The Labute approximate surface area is 208 Å². The highest BCUT2D eigenvalue weighted by Gasteiger charge is 2.31. The maximum atomic E-state index is 12.8. The number of benzene rings is 2. The van der Waals surface area contributed by atoms with Crippen LogP contribution in [0.25, 0.3) is 0 Å². The molecular formula is C27H32F3N3O3. The summed E-state index contributed by atoms with van der Waals surface area (Å²) in [4.78, 5) is 27.0. The van der Waals surface area contributed by atoms with Crippen LogP contribution in [-0.2, 0) is 11.0 Å². The van der Waals surface area contributed by atoms with E-state index in [1.807, 2.05) is 12.1 Å². The largest absolute Gasteiger partial charge is 0.508 e. The zero-order chi connectivity index (χ0) is 25.7. The van der Waals surface area contributed by atoms with Gasteiger partial charge in [0, 0.05) is 30.7 Å². The normalized spacial score (nSPS) is 21.6. The number of carbonyl (C=O) groups excluding carboxylic acids is 2. The molecule has 2 aromatic carbocycles. The van der Waals surface area contributed by atoms with E-state index in [4.69, 9.17) is 0 Å². The second kappa shape index (κ2) is 11.3. The molecule has 0 atom stereocenters. The molecule has 0 radical (unpaired) electrons. The summed E-state index contributed by atoms with van der Waals surface area (Å²) in [6, 6.07) is 12.2. The standard InChI is InChI=1S/C27H32F3N3O3/c28-27(29,30)21-3-1-2-20(16-21)26(36)31-17-25(35)32-22-12-14-33(15-13-22)23-8-4-18(5-9-23)19-6-10-24(34)11-7-19/h1-3,6-7,10-11,16,18,22-23,34H,4-5,8-9,12-15,17H2,(H,31,36)(H,32,35). The van der Waals surface area contributed by atoms with Crippen LogP contribution in [0.3, 0.4) is 0 Å². The van der Waals surface area contributed by atoms with Gasteiger partial charge in [0.05, 0.1) is 12.1 Å². The van der Waals surface area contributed by atoms with Crippen molar-refractivity contribution in [3.05, 3.63) is 65.2 Å². The first kappa shape index (κ1) is 26.0. The SMILES string of the molecule is O=C(CNC(=O)c1cccc(C(F)(F)F)c1)NC1CCN(C2CCC(c3ccc(O)cc3)CC2)CC1. The minimum Gasteiger partial charge on any atom is -0.508 e. The molecule has 0 unspecified atom stereocenters. The molecule has 1 aliphatic carbocycles. The van der Waals surface area contributed by atoms with E-state index in [1.165, 1.54) is 17.7 Å². The molecule has 36 heavy (non-hydrogen) atoms. The molecule has 3 N–H and O–H groups in total. The van der Waals surface area contributed by atoms with Gasteiger partial charge in [-0.25, -0.2) is 0 Å². The number of halogens is 3. The predicted molar refractivity (Wildman–Crippen MR) is 130 cm³/mol. The van der Waals surface area contributed by atoms with E-state index in [-0.39, 0.29) is 24.1 Å². The third-order valence-corrected chi connectivity index (χ3v) is 7.33. The van der Waals surface area contributed by atoms with Crippen molar-refractivity contribution in [2.24, 2.45) is 0 Å². The highest BCUT2D eigenvalue weighted by Crippen LogP contribution is 2.36. The number of alkyl halides is 3. The minimum absolute atomic E-state index is 0.0209. The number of piperidine rings is 1. The quantitative estimate of drug-likeness (QED) is 0.544. The van der Waals surface area contributed by atoms with Crippen LogP contribution in [0.1, 0.15) is 65.9 Å². The molecule has 2 fully saturated rings. The Morgan fingerprint density at radius 3 is 2.25 bits per heavy atom. The second-order valence-electron chi connectivity index (χ2n) is 9.74. The van der Waals surface area contributed by atoms with Crippen LogP contribution in [0, 0.1) is 0 Å². The molecule has 0 spiro atoms. The van der Waals surface area contributed by atoms with Crippen molar-refractivity contribution in [2.75, 3.05) is 19.6 Å². The number of likely N-dealkylation sites (tertiary alicyclic amines) is 1. The van der Waals surface area contributed by atoms with Crippen LogP contribution in [0.2, 0.25) is 0 Å². The fourth-order valence-corrected chi connectivity index (χ4v) is 5.31.